The first-order chi connectivity index (χ1) is 10.8. The third kappa shape index (κ3) is 2.75. The summed E-state index contributed by atoms with van der Waals surface area (Å²) in [5.74, 6) is 2.12. The molecule has 1 aromatic heterocycles. The van der Waals surface area contributed by atoms with Gasteiger partial charge in [-0.3, -0.25) is 4.79 Å². The van der Waals surface area contributed by atoms with Crippen LogP contribution in [0.1, 0.15) is 42.5 Å². The van der Waals surface area contributed by atoms with Crippen LogP contribution in [-0.2, 0) is 11.2 Å². The first kappa shape index (κ1) is 13.5. The van der Waals surface area contributed by atoms with Crippen molar-refractivity contribution in [3.63, 3.8) is 0 Å². The zero-order valence-corrected chi connectivity index (χ0v) is 12.4. The van der Waals surface area contributed by atoms with E-state index in [9.17, 15) is 4.79 Å². The van der Waals surface area contributed by atoms with Crippen molar-refractivity contribution in [2.24, 2.45) is 5.92 Å². The standard InChI is InChI=1S/C17H19N3O2/c21-17(13-6-7-13)20-9-8-14(11-20)16-19-18-15(22-16)10-12-4-2-1-3-5-12/h1-5,13-14H,6-11H2/t14-/m0/s1. The second-order valence-electron chi connectivity index (χ2n) is 6.24. The summed E-state index contributed by atoms with van der Waals surface area (Å²) in [4.78, 5) is 14.1. The van der Waals surface area contributed by atoms with Crippen molar-refractivity contribution in [3.05, 3.63) is 47.7 Å². The van der Waals surface area contributed by atoms with Gasteiger partial charge in [-0.1, -0.05) is 30.3 Å². The molecule has 1 aromatic carbocycles. The van der Waals surface area contributed by atoms with E-state index in [1.807, 2.05) is 23.1 Å². The topological polar surface area (TPSA) is 59.2 Å². The predicted octanol–water partition coefficient (Wildman–Crippen LogP) is 2.39. The first-order valence-electron chi connectivity index (χ1n) is 7.94. The Morgan fingerprint density at radius 2 is 2.00 bits per heavy atom. The minimum absolute atomic E-state index is 0.194. The Hall–Kier alpha value is -2.17. The van der Waals surface area contributed by atoms with E-state index < -0.39 is 0 Å². The highest BCUT2D eigenvalue weighted by Gasteiger charge is 2.38. The van der Waals surface area contributed by atoms with E-state index in [4.69, 9.17) is 4.42 Å². The maximum absolute atomic E-state index is 12.1. The van der Waals surface area contributed by atoms with Crippen LogP contribution in [0.5, 0.6) is 0 Å². The van der Waals surface area contributed by atoms with Crippen LogP contribution in [-0.4, -0.2) is 34.1 Å². The van der Waals surface area contributed by atoms with Crippen molar-refractivity contribution in [2.45, 2.75) is 31.6 Å². The monoisotopic (exact) mass is 297 g/mol. The fraction of sp³-hybridized carbons (Fsp3) is 0.471. The summed E-state index contributed by atoms with van der Waals surface area (Å²) in [6, 6.07) is 10.1. The summed E-state index contributed by atoms with van der Waals surface area (Å²) in [5.41, 5.74) is 1.16. The molecule has 1 amide bonds. The van der Waals surface area contributed by atoms with Gasteiger partial charge in [-0.2, -0.15) is 0 Å². The van der Waals surface area contributed by atoms with Crippen LogP contribution in [0.25, 0.3) is 0 Å². The fourth-order valence-corrected chi connectivity index (χ4v) is 3.02. The highest BCUT2D eigenvalue weighted by Crippen LogP contribution is 2.34. The summed E-state index contributed by atoms with van der Waals surface area (Å²) in [6.45, 7) is 1.54. The average molecular weight is 297 g/mol. The van der Waals surface area contributed by atoms with E-state index in [0.29, 0.717) is 24.1 Å². The molecule has 2 aliphatic rings. The van der Waals surface area contributed by atoms with Gasteiger partial charge in [0.1, 0.15) is 0 Å². The summed E-state index contributed by atoms with van der Waals surface area (Å²) < 4.78 is 5.82. The van der Waals surface area contributed by atoms with Gasteiger partial charge in [0.05, 0.1) is 12.3 Å². The lowest BCUT2D eigenvalue weighted by atomic mass is 10.1. The van der Waals surface area contributed by atoms with Gasteiger partial charge in [-0.15, -0.1) is 10.2 Å². The highest BCUT2D eigenvalue weighted by molar-refractivity contribution is 5.81. The smallest absolute Gasteiger partial charge is 0.225 e. The van der Waals surface area contributed by atoms with Crippen molar-refractivity contribution < 1.29 is 9.21 Å². The second-order valence-corrected chi connectivity index (χ2v) is 6.24. The number of nitrogens with zero attached hydrogens (tertiary/aromatic N) is 3. The van der Waals surface area contributed by atoms with Crippen LogP contribution < -0.4 is 0 Å². The zero-order valence-electron chi connectivity index (χ0n) is 12.4. The fourth-order valence-electron chi connectivity index (χ4n) is 3.02. The molecule has 1 aliphatic carbocycles. The molecule has 0 N–H and O–H groups in total. The molecule has 0 radical (unpaired) electrons. The van der Waals surface area contributed by atoms with E-state index in [1.54, 1.807) is 0 Å². The number of rotatable bonds is 4. The summed E-state index contributed by atoms with van der Waals surface area (Å²) in [6.07, 6.45) is 3.69. The lowest BCUT2D eigenvalue weighted by Gasteiger charge is -2.14. The Labute approximate surface area is 129 Å². The number of hydrogen-bond donors (Lipinski definition) is 0. The van der Waals surface area contributed by atoms with E-state index >= 15 is 0 Å². The van der Waals surface area contributed by atoms with Crippen LogP contribution in [0.4, 0.5) is 0 Å². The number of likely N-dealkylation sites (tertiary alicyclic amines) is 1. The number of carbonyl (C=O) groups excluding carboxylic acids is 1. The van der Waals surface area contributed by atoms with Crippen LogP contribution in [0, 0.1) is 5.92 Å². The van der Waals surface area contributed by atoms with Crippen LogP contribution in [0.2, 0.25) is 0 Å². The van der Waals surface area contributed by atoms with Crippen LogP contribution in [0.15, 0.2) is 34.7 Å². The molecule has 2 aromatic rings. The maximum Gasteiger partial charge on any atom is 0.225 e. The van der Waals surface area contributed by atoms with Crippen molar-refractivity contribution in [3.8, 4) is 0 Å². The van der Waals surface area contributed by atoms with Gasteiger partial charge in [-0.25, -0.2) is 0 Å². The third-order valence-corrected chi connectivity index (χ3v) is 4.46. The normalized spacial score (nSPS) is 21.3. The molecule has 2 heterocycles. The molecule has 114 valence electrons. The molecule has 4 rings (SSSR count). The number of hydrogen-bond acceptors (Lipinski definition) is 4. The van der Waals surface area contributed by atoms with Gasteiger partial charge < -0.3 is 9.32 Å². The molecule has 1 atom stereocenters. The molecule has 1 saturated carbocycles. The molecule has 22 heavy (non-hydrogen) atoms. The average Bonchev–Trinajstić information content (AvgIpc) is 3.09. The number of carbonyl (C=O) groups is 1. The van der Waals surface area contributed by atoms with Crippen molar-refractivity contribution in [2.75, 3.05) is 13.1 Å². The summed E-state index contributed by atoms with van der Waals surface area (Å²) in [5, 5.41) is 8.35. The van der Waals surface area contributed by atoms with Gasteiger partial charge in [0, 0.05) is 19.0 Å². The minimum Gasteiger partial charge on any atom is -0.425 e. The summed E-state index contributed by atoms with van der Waals surface area (Å²) in [7, 11) is 0. The van der Waals surface area contributed by atoms with Crippen molar-refractivity contribution >= 4 is 5.91 Å². The Kier molecular flexibility index (Phi) is 3.41. The second kappa shape index (κ2) is 5.55. The Morgan fingerprint density at radius 3 is 2.77 bits per heavy atom. The van der Waals surface area contributed by atoms with E-state index in [2.05, 4.69) is 22.3 Å². The van der Waals surface area contributed by atoms with Crippen molar-refractivity contribution in [1.82, 2.24) is 15.1 Å². The molecule has 0 spiro atoms. The molecule has 5 nitrogen and oxygen atoms in total. The maximum atomic E-state index is 12.1. The lowest BCUT2D eigenvalue weighted by Crippen LogP contribution is -2.29. The van der Waals surface area contributed by atoms with E-state index in [0.717, 1.165) is 37.9 Å². The SMILES string of the molecule is O=C(C1CC1)N1CC[C@H](c2nnc(Cc3ccccc3)o2)C1. The predicted molar refractivity (Wildman–Crippen MR) is 80.2 cm³/mol. The van der Waals surface area contributed by atoms with Gasteiger partial charge in [0.15, 0.2) is 0 Å². The Balaban J connectivity index is 1.40. The third-order valence-electron chi connectivity index (χ3n) is 4.46. The van der Waals surface area contributed by atoms with Gasteiger partial charge in [-0.05, 0) is 24.8 Å². The first-order valence-corrected chi connectivity index (χ1v) is 7.94. The largest absolute Gasteiger partial charge is 0.425 e. The lowest BCUT2D eigenvalue weighted by molar-refractivity contribution is -0.131. The Bertz CT molecular complexity index is 664. The number of benzene rings is 1. The van der Waals surface area contributed by atoms with Crippen LogP contribution >= 0.6 is 0 Å². The van der Waals surface area contributed by atoms with E-state index in [-0.39, 0.29) is 11.8 Å². The van der Waals surface area contributed by atoms with Gasteiger partial charge in [0.25, 0.3) is 0 Å². The molecular weight excluding hydrogens is 278 g/mol. The molecule has 5 heteroatoms. The van der Waals surface area contributed by atoms with Gasteiger partial charge in [0.2, 0.25) is 17.7 Å². The summed E-state index contributed by atoms with van der Waals surface area (Å²) >= 11 is 0. The molecule has 0 bridgehead atoms. The molecule has 1 aliphatic heterocycles. The molecule has 1 saturated heterocycles. The van der Waals surface area contributed by atoms with E-state index in [1.165, 1.54) is 0 Å². The quantitative estimate of drug-likeness (QED) is 0.869. The highest BCUT2D eigenvalue weighted by atomic mass is 16.4. The number of aromatic nitrogens is 2. The number of amides is 1. The zero-order chi connectivity index (χ0) is 14.9. The molecule has 2 fully saturated rings. The minimum atomic E-state index is 0.194. The van der Waals surface area contributed by atoms with Crippen molar-refractivity contribution in [1.29, 1.82) is 0 Å². The van der Waals surface area contributed by atoms with Gasteiger partial charge >= 0.3 is 0 Å². The molecule has 0 unspecified atom stereocenters. The van der Waals surface area contributed by atoms with Crippen LogP contribution in [0.3, 0.4) is 0 Å². The molecular formula is C17H19N3O2. The Morgan fingerprint density at radius 1 is 1.18 bits per heavy atom.